The second-order valence-electron chi connectivity index (χ2n) is 15.3. The first-order valence-electron chi connectivity index (χ1n) is 16.6. The van der Waals surface area contributed by atoms with Crippen molar-refractivity contribution in [2.75, 3.05) is 0 Å². The summed E-state index contributed by atoms with van der Waals surface area (Å²) in [5.74, 6) is 0. The number of halogens is 2. The molecule has 0 saturated heterocycles. The van der Waals surface area contributed by atoms with E-state index in [-0.39, 0.29) is 35.6 Å². The number of benzene rings is 3. The van der Waals surface area contributed by atoms with Gasteiger partial charge < -0.3 is 24.8 Å². The van der Waals surface area contributed by atoms with Crippen LogP contribution in [0.15, 0.2) is 72.8 Å². The quantitative estimate of drug-likeness (QED) is 0.210. The minimum atomic E-state index is 0. The SMILES string of the molecule is CC(C)(C)c1[c-]c2c(cc1)-c1ccc(C(C)(C)C)cc1C2.CC[C](=[Zr+2])c1ccccc1.CCc1cc(C(C)(C)C)c(CC)[cH-]1.[Cl-].[Cl-]. The van der Waals surface area contributed by atoms with Gasteiger partial charge in [0.05, 0.1) is 0 Å². The first-order valence-corrected chi connectivity index (χ1v) is 17.8. The molecule has 0 saturated carbocycles. The van der Waals surface area contributed by atoms with Crippen LogP contribution >= 0.6 is 0 Å². The van der Waals surface area contributed by atoms with E-state index >= 15 is 0 Å². The molecule has 5 rings (SSSR count). The Kier molecular flexibility index (Phi) is 16.3. The van der Waals surface area contributed by atoms with Crippen molar-refractivity contribution in [2.45, 2.75) is 125 Å². The third-order valence-electron chi connectivity index (χ3n) is 8.57. The minimum absolute atomic E-state index is 0. The molecule has 1 aliphatic carbocycles. The van der Waals surface area contributed by atoms with Gasteiger partial charge in [-0.3, -0.25) is 0 Å². The van der Waals surface area contributed by atoms with E-state index < -0.39 is 0 Å². The van der Waals surface area contributed by atoms with E-state index in [1.54, 1.807) is 3.21 Å². The van der Waals surface area contributed by atoms with Crippen molar-refractivity contribution in [3.8, 4) is 11.1 Å². The largest absolute Gasteiger partial charge is 1.00 e. The van der Waals surface area contributed by atoms with E-state index in [9.17, 15) is 0 Å². The first-order chi connectivity index (χ1) is 20.5. The monoisotopic (exact) mass is 732 g/mol. The number of hydrogen-bond donors (Lipinski definition) is 0. The maximum absolute atomic E-state index is 3.67. The summed E-state index contributed by atoms with van der Waals surface area (Å²) in [6.45, 7) is 27.1. The minimum Gasteiger partial charge on any atom is -1.00 e. The summed E-state index contributed by atoms with van der Waals surface area (Å²) in [7, 11) is 0. The van der Waals surface area contributed by atoms with Crippen LogP contribution in [0.3, 0.4) is 0 Å². The zero-order valence-electron chi connectivity index (χ0n) is 30.5. The van der Waals surface area contributed by atoms with Crippen LogP contribution in [0, 0.1) is 6.07 Å². The van der Waals surface area contributed by atoms with Crippen LogP contribution in [-0.2, 0) is 59.7 Å². The Morgan fingerprint density at radius 3 is 1.80 bits per heavy atom. The van der Waals surface area contributed by atoms with Gasteiger partial charge in [0.15, 0.2) is 0 Å². The van der Waals surface area contributed by atoms with Gasteiger partial charge in [-0.1, -0.05) is 118 Å². The Morgan fingerprint density at radius 2 is 1.33 bits per heavy atom. The maximum atomic E-state index is 3.67. The molecule has 0 radical (unpaired) electrons. The van der Waals surface area contributed by atoms with E-state index in [1.807, 2.05) is 0 Å². The maximum Gasteiger partial charge on any atom is -0.0540 e. The van der Waals surface area contributed by atoms with Crippen LogP contribution in [0.1, 0.15) is 134 Å². The first kappa shape index (κ1) is 42.4. The van der Waals surface area contributed by atoms with Gasteiger partial charge in [0, 0.05) is 0 Å². The third-order valence-corrected chi connectivity index (χ3v) is 10.2. The summed E-state index contributed by atoms with van der Waals surface area (Å²) in [5, 5.41) is 0. The Morgan fingerprint density at radius 1 is 0.717 bits per heavy atom. The zero-order valence-corrected chi connectivity index (χ0v) is 34.5. The topological polar surface area (TPSA) is 0 Å². The smallest absolute Gasteiger partial charge is 0.0540 e. The summed E-state index contributed by atoms with van der Waals surface area (Å²) in [6.07, 6.45) is 4.52. The summed E-state index contributed by atoms with van der Waals surface area (Å²) < 4.78 is 1.55. The van der Waals surface area contributed by atoms with Crippen LogP contribution in [0.25, 0.3) is 11.1 Å². The van der Waals surface area contributed by atoms with Gasteiger partial charge in [-0.2, -0.15) is 46.5 Å². The Bertz CT molecular complexity index is 1480. The summed E-state index contributed by atoms with van der Waals surface area (Å²) >= 11 is 1.54. The van der Waals surface area contributed by atoms with E-state index in [0.29, 0.717) is 5.41 Å². The Hall–Kier alpha value is -1.66. The normalized spacial score (nSPS) is 11.9. The van der Waals surface area contributed by atoms with Crippen molar-refractivity contribution in [3.05, 3.63) is 123 Å². The van der Waals surface area contributed by atoms with Crippen molar-refractivity contribution >= 4 is 3.21 Å². The van der Waals surface area contributed by atoms with Crippen LogP contribution in [0.4, 0.5) is 0 Å². The molecule has 4 aromatic carbocycles. The fourth-order valence-electron chi connectivity index (χ4n) is 5.69. The van der Waals surface area contributed by atoms with Gasteiger partial charge in [-0.15, -0.1) is 11.1 Å². The van der Waals surface area contributed by atoms with Crippen LogP contribution in [0.2, 0.25) is 0 Å². The van der Waals surface area contributed by atoms with Crippen molar-refractivity contribution in [3.63, 3.8) is 0 Å². The second-order valence-corrected chi connectivity index (χ2v) is 16.8. The molecule has 0 unspecified atom stereocenters. The van der Waals surface area contributed by atoms with Crippen LogP contribution in [0.5, 0.6) is 0 Å². The van der Waals surface area contributed by atoms with E-state index in [1.165, 1.54) is 86.3 Å². The molecule has 4 aromatic rings. The summed E-state index contributed by atoms with van der Waals surface area (Å²) in [6, 6.07) is 30.5. The number of rotatable bonds is 4. The van der Waals surface area contributed by atoms with Crippen LogP contribution < -0.4 is 24.8 Å². The fraction of sp³-hybridized carbons (Fsp3) is 0.442. The van der Waals surface area contributed by atoms with E-state index in [4.69, 9.17) is 0 Å². The fourth-order valence-corrected chi connectivity index (χ4v) is 6.10. The second kappa shape index (κ2) is 17.7. The van der Waals surface area contributed by atoms with E-state index in [2.05, 4.69) is 162 Å². The average molecular weight is 735 g/mol. The van der Waals surface area contributed by atoms with Crippen molar-refractivity contribution in [1.82, 2.24) is 0 Å². The van der Waals surface area contributed by atoms with Gasteiger partial charge in [0.2, 0.25) is 0 Å². The molecule has 0 fully saturated rings. The van der Waals surface area contributed by atoms with Crippen molar-refractivity contribution in [1.29, 1.82) is 0 Å². The predicted octanol–water partition coefficient (Wildman–Crippen LogP) is 5.65. The molecule has 0 aliphatic heterocycles. The summed E-state index contributed by atoms with van der Waals surface area (Å²) in [5.41, 5.74) is 15.0. The summed E-state index contributed by atoms with van der Waals surface area (Å²) in [4.78, 5) is 0. The molecular weight excluding hydrogens is 679 g/mol. The molecule has 248 valence electrons. The molecule has 0 bridgehead atoms. The van der Waals surface area contributed by atoms with Gasteiger partial charge in [0.25, 0.3) is 0 Å². The van der Waals surface area contributed by atoms with Gasteiger partial charge >= 0.3 is 76.7 Å². The molecule has 0 N–H and O–H groups in total. The predicted molar refractivity (Wildman–Crippen MR) is 191 cm³/mol. The molecule has 0 spiro atoms. The Balaban J connectivity index is 0.000000366. The molecule has 0 heterocycles. The molecule has 0 amide bonds. The molecule has 46 heavy (non-hydrogen) atoms. The number of aryl methyl sites for hydroxylation is 2. The standard InChI is InChI=1S/C21H25.C13H21.C9H10.2ClH.Zr/c1-20(2,3)16-7-9-18-14(12-16)11-15-13-17(21(4,5)6)8-10-19(15)18;1-6-10-8-11(7-2)12(9-10)13(3,4)5;1-2-6-9-7-4-3-5-8-9;;;/h7-10,12H,11H2,1-6H3;8-9H,6-7H2,1-5H3;3-5,7-8H,2H2,1H3;2*1H;/q2*-1;;;;+2/p-2. The van der Waals surface area contributed by atoms with Gasteiger partial charge in [0.1, 0.15) is 0 Å². The van der Waals surface area contributed by atoms with Gasteiger partial charge in [-0.25, -0.2) is 6.07 Å². The Labute approximate surface area is 309 Å². The zero-order chi connectivity index (χ0) is 32.9. The molecule has 3 heteroatoms. The van der Waals surface area contributed by atoms with E-state index in [0.717, 1.165) is 19.3 Å². The number of hydrogen-bond acceptors (Lipinski definition) is 0. The van der Waals surface area contributed by atoms with Crippen LogP contribution in [-0.4, -0.2) is 3.21 Å². The van der Waals surface area contributed by atoms with Crippen molar-refractivity contribution < 1.29 is 49.0 Å². The molecule has 0 aromatic heterocycles. The molecule has 0 atom stereocenters. The van der Waals surface area contributed by atoms with Gasteiger partial charge in [-0.05, 0) is 28.4 Å². The average Bonchev–Trinajstić information content (AvgIpc) is 3.58. The van der Waals surface area contributed by atoms with Crippen molar-refractivity contribution in [2.24, 2.45) is 0 Å². The molecular formula is C43H56Cl2Zr-2. The number of fused-ring (bicyclic) bond motifs is 3. The molecule has 0 nitrogen and oxygen atoms in total. The third kappa shape index (κ3) is 11.2. The molecule has 1 aliphatic rings.